The number of hydrogen-bond acceptors (Lipinski definition) is 3. The number of rotatable bonds is 7. The maximum atomic E-state index is 12.4. The van der Waals surface area contributed by atoms with Gasteiger partial charge in [0.25, 0.3) is 0 Å². The van der Waals surface area contributed by atoms with Gasteiger partial charge in [-0.05, 0) is 24.1 Å². The number of aromatic amines is 1. The van der Waals surface area contributed by atoms with Crippen LogP contribution in [0, 0.1) is 0 Å². The number of hydrogen-bond donors (Lipinski definition) is 1. The first-order chi connectivity index (χ1) is 10.7. The second-order valence-electron chi connectivity index (χ2n) is 5.19. The Bertz CT molecular complexity index is 697. The van der Waals surface area contributed by atoms with Gasteiger partial charge in [-0.1, -0.05) is 44.0 Å². The lowest BCUT2D eigenvalue weighted by atomic mass is 10.0. The van der Waals surface area contributed by atoms with Crippen LogP contribution in [-0.2, 0) is 16.0 Å². The van der Waals surface area contributed by atoms with E-state index in [9.17, 15) is 9.59 Å². The van der Waals surface area contributed by atoms with E-state index < -0.39 is 0 Å². The number of para-hydroxylation sites is 1. The number of carbonyl (C=O) groups is 2. The molecule has 1 N–H and O–H groups in total. The largest absolute Gasteiger partial charge is 0.469 e. The maximum Gasteiger partial charge on any atom is 0.310 e. The third kappa shape index (κ3) is 3.64. The lowest BCUT2D eigenvalue weighted by molar-refractivity contribution is -0.139. The van der Waals surface area contributed by atoms with E-state index in [0.29, 0.717) is 11.3 Å². The summed E-state index contributed by atoms with van der Waals surface area (Å²) in [5.41, 5.74) is 2.03. The zero-order valence-electron chi connectivity index (χ0n) is 13.0. The monoisotopic (exact) mass is 299 g/mol. The van der Waals surface area contributed by atoms with Crippen molar-refractivity contribution >= 4 is 22.7 Å². The molecule has 116 valence electrons. The first-order valence-corrected chi connectivity index (χ1v) is 7.54. The number of unbranched alkanes of at least 4 members (excludes halogenated alkanes) is 2. The summed E-state index contributed by atoms with van der Waals surface area (Å²) in [6, 6.07) is 7.59. The average Bonchev–Trinajstić information content (AvgIpc) is 2.90. The minimum atomic E-state index is -0.353. The summed E-state index contributed by atoms with van der Waals surface area (Å²) in [7, 11) is 1.35. The maximum absolute atomic E-state index is 12.4. The van der Waals surface area contributed by atoms with Crippen LogP contribution in [0.4, 0.5) is 0 Å². The van der Waals surface area contributed by atoms with Crippen molar-refractivity contribution < 1.29 is 14.3 Å². The van der Waals surface area contributed by atoms with Crippen molar-refractivity contribution in [2.24, 2.45) is 0 Å². The number of benzene rings is 1. The zero-order chi connectivity index (χ0) is 15.9. The Morgan fingerprint density at radius 3 is 2.77 bits per heavy atom. The molecule has 0 atom stereocenters. The van der Waals surface area contributed by atoms with Crippen LogP contribution in [0.15, 0.2) is 36.4 Å². The average molecular weight is 299 g/mol. The summed E-state index contributed by atoms with van der Waals surface area (Å²) in [6.45, 7) is 2.11. The number of esters is 1. The molecule has 2 aromatic rings. The quantitative estimate of drug-likeness (QED) is 0.366. The summed E-state index contributed by atoms with van der Waals surface area (Å²) >= 11 is 0. The Balaban J connectivity index is 2.35. The normalized spacial score (nSPS) is 11.2. The molecule has 0 spiro atoms. The van der Waals surface area contributed by atoms with Crippen molar-refractivity contribution in [1.82, 2.24) is 4.98 Å². The number of allylic oxidation sites excluding steroid dienone is 2. The smallest absolute Gasteiger partial charge is 0.310 e. The lowest BCUT2D eigenvalue weighted by Crippen LogP contribution is -2.08. The molecule has 0 amide bonds. The van der Waals surface area contributed by atoms with Gasteiger partial charge >= 0.3 is 5.97 Å². The molecular formula is C18H21NO3. The Kier molecular flexibility index (Phi) is 5.53. The third-order valence-corrected chi connectivity index (χ3v) is 3.60. The van der Waals surface area contributed by atoms with Crippen LogP contribution in [0.3, 0.4) is 0 Å². The molecule has 2 rings (SSSR count). The van der Waals surface area contributed by atoms with Gasteiger partial charge in [0.2, 0.25) is 5.78 Å². The topological polar surface area (TPSA) is 59.2 Å². The van der Waals surface area contributed by atoms with Crippen molar-refractivity contribution in [2.45, 2.75) is 32.6 Å². The minimum absolute atomic E-state index is 0.0877. The van der Waals surface area contributed by atoms with E-state index in [1.54, 1.807) is 6.08 Å². The van der Waals surface area contributed by atoms with Gasteiger partial charge in [-0.3, -0.25) is 9.59 Å². The molecule has 0 radical (unpaired) electrons. The van der Waals surface area contributed by atoms with E-state index in [1.807, 2.05) is 30.3 Å². The van der Waals surface area contributed by atoms with Crippen molar-refractivity contribution in [2.75, 3.05) is 7.11 Å². The van der Waals surface area contributed by atoms with Gasteiger partial charge in [0.05, 0.1) is 19.2 Å². The van der Waals surface area contributed by atoms with Crippen LogP contribution < -0.4 is 0 Å². The van der Waals surface area contributed by atoms with E-state index in [4.69, 9.17) is 4.74 Å². The number of nitrogens with one attached hydrogen (secondary N) is 1. The van der Waals surface area contributed by atoms with Gasteiger partial charge in [-0.25, -0.2) is 0 Å². The molecule has 4 heteroatoms. The Labute approximate surface area is 130 Å². The summed E-state index contributed by atoms with van der Waals surface area (Å²) in [6.07, 6.45) is 6.60. The summed E-state index contributed by atoms with van der Waals surface area (Å²) in [4.78, 5) is 27.2. The van der Waals surface area contributed by atoms with E-state index in [-0.39, 0.29) is 18.2 Å². The molecule has 0 saturated carbocycles. The first-order valence-electron chi connectivity index (χ1n) is 7.54. The highest BCUT2D eigenvalue weighted by Gasteiger charge is 2.18. The van der Waals surface area contributed by atoms with Crippen LogP contribution in [-0.4, -0.2) is 23.8 Å². The van der Waals surface area contributed by atoms with E-state index >= 15 is 0 Å². The molecule has 22 heavy (non-hydrogen) atoms. The number of carbonyl (C=O) groups excluding carboxylic acids is 2. The van der Waals surface area contributed by atoms with Crippen LogP contribution in [0.5, 0.6) is 0 Å². The molecule has 1 heterocycles. The van der Waals surface area contributed by atoms with Crippen LogP contribution >= 0.6 is 0 Å². The fourth-order valence-corrected chi connectivity index (χ4v) is 2.41. The van der Waals surface area contributed by atoms with Crippen molar-refractivity contribution in [3.8, 4) is 0 Å². The van der Waals surface area contributed by atoms with E-state index in [0.717, 1.165) is 30.2 Å². The van der Waals surface area contributed by atoms with Crippen molar-refractivity contribution in [3.05, 3.63) is 47.7 Å². The van der Waals surface area contributed by atoms with Gasteiger partial charge in [-0.15, -0.1) is 0 Å². The number of aromatic nitrogens is 1. The molecule has 4 nitrogen and oxygen atoms in total. The molecule has 0 aliphatic rings. The summed E-state index contributed by atoms with van der Waals surface area (Å²) in [5.74, 6) is -0.458. The minimum Gasteiger partial charge on any atom is -0.469 e. The number of ether oxygens (including phenoxy) is 1. The predicted octanol–water partition coefficient (Wildman–Crippen LogP) is 3.81. The number of ketones is 1. The highest BCUT2D eigenvalue weighted by Crippen LogP contribution is 2.24. The fourth-order valence-electron chi connectivity index (χ4n) is 2.41. The highest BCUT2D eigenvalue weighted by molar-refractivity contribution is 6.09. The Morgan fingerprint density at radius 2 is 2.05 bits per heavy atom. The molecule has 0 fully saturated rings. The second-order valence-corrected chi connectivity index (χ2v) is 5.19. The molecule has 0 aliphatic carbocycles. The van der Waals surface area contributed by atoms with Gasteiger partial charge in [0.1, 0.15) is 0 Å². The first kappa shape index (κ1) is 16.0. The van der Waals surface area contributed by atoms with Gasteiger partial charge < -0.3 is 9.72 Å². The molecule has 1 aromatic heterocycles. The highest BCUT2D eigenvalue weighted by atomic mass is 16.5. The molecule has 0 saturated heterocycles. The lowest BCUT2D eigenvalue weighted by Gasteiger charge is -2.01. The van der Waals surface area contributed by atoms with Crippen LogP contribution in [0.25, 0.3) is 10.9 Å². The van der Waals surface area contributed by atoms with E-state index in [1.165, 1.54) is 7.11 Å². The summed E-state index contributed by atoms with van der Waals surface area (Å²) in [5, 5.41) is 0.887. The SMILES string of the molecule is CCCCC=CC(=O)c1[nH]c2ccccc2c1CC(=O)OC. The molecule has 1 aromatic carbocycles. The van der Waals surface area contributed by atoms with Crippen LogP contribution in [0.2, 0.25) is 0 Å². The zero-order valence-corrected chi connectivity index (χ0v) is 13.0. The Hall–Kier alpha value is -2.36. The van der Waals surface area contributed by atoms with Crippen LogP contribution in [0.1, 0.15) is 42.2 Å². The third-order valence-electron chi connectivity index (χ3n) is 3.60. The Morgan fingerprint density at radius 1 is 1.27 bits per heavy atom. The van der Waals surface area contributed by atoms with E-state index in [2.05, 4.69) is 11.9 Å². The van der Waals surface area contributed by atoms with Gasteiger partial charge in [-0.2, -0.15) is 0 Å². The standard InChI is InChI=1S/C18H21NO3/c1-3-4-5-6-11-16(20)18-14(12-17(21)22-2)13-9-7-8-10-15(13)19-18/h6-11,19H,3-5,12H2,1-2H3. The second kappa shape index (κ2) is 7.59. The molecule has 0 aliphatic heterocycles. The number of fused-ring (bicyclic) bond motifs is 1. The van der Waals surface area contributed by atoms with Crippen molar-refractivity contribution in [1.29, 1.82) is 0 Å². The molecular weight excluding hydrogens is 278 g/mol. The number of H-pyrrole nitrogens is 1. The van der Waals surface area contributed by atoms with Gasteiger partial charge in [0.15, 0.2) is 0 Å². The predicted molar refractivity (Wildman–Crippen MR) is 87.0 cm³/mol. The molecule has 0 bridgehead atoms. The fraction of sp³-hybridized carbons (Fsp3) is 0.333. The summed E-state index contributed by atoms with van der Waals surface area (Å²) < 4.78 is 4.74. The van der Waals surface area contributed by atoms with Gasteiger partial charge in [0, 0.05) is 10.9 Å². The number of methoxy groups -OCH3 is 1. The molecule has 0 unspecified atom stereocenters. The van der Waals surface area contributed by atoms with Crippen molar-refractivity contribution in [3.63, 3.8) is 0 Å².